The minimum atomic E-state index is -1.27. The second-order valence-corrected chi connectivity index (χ2v) is 9.53. The van der Waals surface area contributed by atoms with E-state index in [1.54, 1.807) is 18.2 Å². The Bertz CT molecular complexity index is 1050. The maximum atomic E-state index is 13.4. The summed E-state index contributed by atoms with van der Waals surface area (Å²) in [6, 6.07) is 5.16. The molecule has 5 amide bonds. The molecule has 168 valence electrons. The predicted octanol–water partition coefficient (Wildman–Crippen LogP) is 1.15. The predicted molar refractivity (Wildman–Crippen MR) is 114 cm³/mol. The Morgan fingerprint density at radius 1 is 1.09 bits per heavy atom. The van der Waals surface area contributed by atoms with Crippen molar-refractivity contribution in [3.63, 3.8) is 0 Å². The lowest BCUT2D eigenvalue weighted by molar-refractivity contribution is -0.158. The molecule has 2 N–H and O–H groups in total. The SMILES string of the molecule is CC(C)C(=O)N1CCC(Nc2cccc3c2C(=O)N(C24CC(C2)C(=O)NC4=O)C3=O)CC1. The molecule has 9 heteroatoms. The van der Waals surface area contributed by atoms with Crippen LogP contribution in [0.1, 0.15) is 60.2 Å². The smallest absolute Gasteiger partial charge is 0.264 e. The van der Waals surface area contributed by atoms with Gasteiger partial charge >= 0.3 is 0 Å². The number of hydrogen-bond acceptors (Lipinski definition) is 6. The Morgan fingerprint density at radius 3 is 2.41 bits per heavy atom. The third-order valence-corrected chi connectivity index (χ3v) is 7.20. The molecule has 2 bridgehead atoms. The first-order valence-corrected chi connectivity index (χ1v) is 11.2. The van der Waals surface area contributed by atoms with Crippen LogP contribution in [0.3, 0.4) is 0 Å². The van der Waals surface area contributed by atoms with E-state index in [2.05, 4.69) is 10.6 Å². The first-order valence-electron chi connectivity index (χ1n) is 11.2. The number of nitrogens with one attached hydrogen (secondary N) is 2. The van der Waals surface area contributed by atoms with Gasteiger partial charge in [0.1, 0.15) is 5.54 Å². The number of piperidine rings is 3. The molecule has 1 saturated carbocycles. The number of amides is 5. The van der Waals surface area contributed by atoms with E-state index in [4.69, 9.17) is 0 Å². The molecule has 32 heavy (non-hydrogen) atoms. The number of fused-ring (bicyclic) bond motifs is 3. The van der Waals surface area contributed by atoms with E-state index in [0.29, 0.717) is 18.8 Å². The van der Waals surface area contributed by atoms with Gasteiger partial charge in [-0.05, 0) is 37.8 Å². The molecule has 9 nitrogen and oxygen atoms in total. The quantitative estimate of drug-likeness (QED) is 0.682. The van der Waals surface area contributed by atoms with E-state index in [1.807, 2.05) is 18.7 Å². The molecule has 3 saturated heterocycles. The van der Waals surface area contributed by atoms with Crippen molar-refractivity contribution in [2.45, 2.75) is 51.1 Å². The Balaban J connectivity index is 1.35. The summed E-state index contributed by atoms with van der Waals surface area (Å²) in [6.07, 6.45) is 1.86. The van der Waals surface area contributed by atoms with Crippen LogP contribution in [0.5, 0.6) is 0 Å². The molecule has 5 aliphatic rings. The largest absolute Gasteiger partial charge is 0.382 e. The van der Waals surface area contributed by atoms with Crippen LogP contribution in [0.25, 0.3) is 0 Å². The molecule has 1 aromatic rings. The van der Waals surface area contributed by atoms with Gasteiger partial charge in [-0.3, -0.25) is 34.2 Å². The van der Waals surface area contributed by atoms with Crippen molar-refractivity contribution in [2.75, 3.05) is 18.4 Å². The van der Waals surface area contributed by atoms with Gasteiger partial charge < -0.3 is 10.2 Å². The molecule has 0 spiro atoms. The highest BCUT2D eigenvalue weighted by Gasteiger charge is 2.65. The molecule has 0 radical (unpaired) electrons. The topological polar surface area (TPSA) is 116 Å². The van der Waals surface area contributed by atoms with Crippen LogP contribution in [0.15, 0.2) is 18.2 Å². The molecule has 0 unspecified atom stereocenters. The van der Waals surface area contributed by atoms with E-state index < -0.39 is 23.3 Å². The highest BCUT2D eigenvalue weighted by molar-refractivity contribution is 6.26. The number of likely N-dealkylation sites (tertiary alicyclic amines) is 1. The average molecular weight is 438 g/mol. The zero-order valence-electron chi connectivity index (χ0n) is 18.1. The number of carbonyl (C=O) groups is 5. The molecular weight excluding hydrogens is 412 g/mol. The number of imide groups is 2. The molecule has 0 atom stereocenters. The third kappa shape index (κ3) is 2.87. The summed E-state index contributed by atoms with van der Waals surface area (Å²) in [5.74, 6) is -2.13. The Morgan fingerprint density at radius 2 is 1.78 bits per heavy atom. The fraction of sp³-hybridized carbons (Fsp3) is 0.522. The summed E-state index contributed by atoms with van der Waals surface area (Å²) in [4.78, 5) is 66.1. The number of rotatable bonds is 4. The molecule has 4 aliphatic heterocycles. The van der Waals surface area contributed by atoms with Crippen molar-refractivity contribution >= 4 is 35.2 Å². The van der Waals surface area contributed by atoms with E-state index in [1.165, 1.54) is 0 Å². The normalized spacial score (nSPS) is 27.4. The van der Waals surface area contributed by atoms with Crippen LogP contribution in [0, 0.1) is 11.8 Å². The van der Waals surface area contributed by atoms with Crippen molar-refractivity contribution in [2.24, 2.45) is 11.8 Å². The van der Waals surface area contributed by atoms with Crippen molar-refractivity contribution < 1.29 is 24.0 Å². The van der Waals surface area contributed by atoms with Gasteiger partial charge in [-0.2, -0.15) is 0 Å². The molecular formula is C23H26N4O5. The van der Waals surface area contributed by atoms with E-state index in [-0.39, 0.29) is 53.7 Å². The summed E-state index contributed by atoms with van der Waals surface area (Å²) in [7, 11) is 0. The van der Waals surface area contributed by atoms with Crippen LogP contribution >= 0.6 is 0 Å². The summed E-state index contributed by atoms with van der Waals surface area (Å²) in [5, 5.41) is 5.69. The van der Waals surface area contributed by atoms with Crippen molar-refractivity contribution in [3.05, 3.63) is 29.3 Å². The van der Waals surface area contributed by atoms with Gasteiger partial charge in [0.25, 0.3) is 17.7 Å². The van der Waals surface area contributed by atoms with Gasteiger partial charge in [0.05, 0.1) is 11.1 Å². The van der Waals surface area contributed by atoms with Crippen LogP contribution in [-0.2, 0) is 14.4 Å². The molecule has 1 aliphatic carbocycles. The van der Waals surface area contributed by atoms with E-state index in [9.17, 15) is 24.0 Å². The fourth-order valence-electron chi connectivity index (χ4n) is 5.36. The van der Waals surface area contributed by atoms with Crippen LogP contribution in [-0.4, -0.2) is 64.0 Å². The number of nitrogens with zero attached hydrogens (tertiary/aromatic N) is 2. The molecule has 4 fully saturated rings. The zero-order chi connectivity index (χ0) is 22.8. The Kier molecular flexibility index (Phi) is 4.61. The van der Waals surface area contributed by atoms with Crippen molar-refractivity contribution in [1.82, 2.24) is 15.1 Å². The lowest BCUT2D eigenvalue weighted by Gasteiger charge is -2.52. The van der Waals surface area contributed by atoms with E-state index >= 15 is 0 Å². The molecule has 6 rings (SSSR count). The monoisotopic (exact) mass is 438 g/mol. The number of hydrogen-bond donors (Lipinski definition) is 2. The highest BCUT2D eigenvalue weighted by Crippen LogP contribution is 2.49. The van der Waals surface area contributed by atoms with Crippen LogP contribution in [0.4, 0.5) is 5.69 Å². The summed E-state index contributed by atoms with van der Waals surface area (Å²) in [6.45, 7) is 5.06. The second-order valence-electron chi connectivity index (χ2n) is 9.53. The zero-order valence-corrected chi connectivity index (χ0v) is 18.1. The number of benzene rings is 1. The minimum absolute atomic E-state index is 0.0377. The van der Waals surface area contributed by atoms with Gasteiger partial charge in [-0.25, -0.2) is 0 Å². The lowest BCUT2D eigenvalue weighted by Crippen LogP contribution is -2.74. The fourth-order valence-corrected chi connectivity index (χ4v) is 5.36. The minimum Gasteiger partial charge on any atom is -0.382 e. The summed E-state index contributed by atoms with van der Waals surface area (Å²) >= 11 is 0. The van der Waals surface area contributed by atoms with Gasteiger partial charge in [-0.15, -0.1) is 0 Å². The van der Waals surface area contributed by atoms with E-state index in [0.717, 1.165) is 17.7 Å². The van der Waals surface area contributed by atoms with Crippen LogP contribution < -0.4 is 10.6 Å². The molecule has 4 heterocycles. The number of carbonyl (C=O) groups excluding carboxylic acids is 5. The maximum Gasteiger partial charge on any atom is 0.264 e. The lowest BCUT2D eigenvalue weighted by atomic mass is 9.63. The molecule has 1 aromatic carbocycles. The molecule has 0 aromatic heterocycles. The standard InChI is InChI=1S/C23H26N4O5/c1-12(2)19(29)26-8-6-14(7-9-26)24-16-5-3-4-15-17(16)21(31)27(20(15)30)23-10-13(11-23)18(28)25-22(23)32/h3-5,12-14,24H,6-11H2,1-2H3,(H,25,28,32). The van der Waals surface area contributed by atoms with Crippen molar-refractivity contribution in [1.29, 1.82) is 0 Å². The number of anilines is 1. The Labute approximate surface area is 185 Å². The summed E-state index contributed by atoms with van der Waals surface area (Å²) < 4.78 is 0. The van der Waals surface area contributed by atoms with Crippen molar-refractivity contribution in [3.8, 4) is 0 Å². The average Bonchev–Trinajstić information content (AvgIpc) is 2.99. The maximum absolute atomic E-state index is 13.4. The Hall–Kier alpha value is -3.23. The van der Waals surface area contributed by atoms with Crippen LogP contribution in [0.2, 0.25) is 0 Å². The second kappa shape index (κ2) is 7.15. The highest BCUT2D eigenvalue weighted by atomic mass is 16.2. The van der Waals surface area contributed by atoms with Gasteiger partial charge in [0.15, 0.2) is 0 Å². The third-order valence-electron chi connectivity index (χ3n) is 7.20. The van der Waals surface area contributed by atoms with Gasteiger partial charge in [0.2, 0.25) is 11.8 Å². The first-order chi connectivity index (χ1) is 15.2. The van der Waals surface area contributed by atoms with Gasteiger partial charge in [0, 0.05) is 36.7 Å². The summed E-state index contributed by atoms with van der Waals surface area (Å²) in [5.41, 5.74) is -0.154. The first kappa shape index (κ1) is 20.7. The van der Waals surface area contributed by atoms with Gasteiger partial charge in [-0.1, -0.05) is 19.9 Å².